The lowest BCUT2D eigenvalue weighted by Gasteiger charge is -2.43. The van der Waals surface area contributed by atoms with Crippen molar-refractivity contribution in [1.29, 1.82) is 0 Å². The summed E-state index contributed by atoms with van der Waals surface area (Å²) in [5.74, 6) is -7.33. The number of halogens is 2. The lowest BCUT2D eigenvalue weighted by Crippen LogP contribution is -2.40. The summed E-state index contributed by atoms with van der Waals surface area (Å²) in [5, 5.41) is 19.8. The van der Waals surface area contributed by atoms with Gasteiger partial charge in [-0.1, -0.05) is 60.7 Å². The quantitative estimate of drug-likeness (QED) is 0.173. The average Bonchev–Trinajstić information content (AvgIpc) is 3.14. The Labute approximate surface area is 312 Å². The second-order valence-corrected chi connectivity index (χ2v) is 12.6. The van der Waals surface area contributed by atoms with E-state index in [1.54, 1.807) is 6.07 Å². The molecule has 0 aliphatic carbocycles. The summed E-state index contributed by atoms with van der Waals surface area (Å²) in [6.45, 7) is -37.9. The van der Waals surface area contributed by atoms with Crippen LogP contribution >= 0.6 is 38.5 Å². The maximum atomic E-state index is 14.6. The summed E-state index contributed by atoms with van der Waals surface area (Å²) >= 11 is 11.1. The van der Waals surface area contributed by atoms with E-state index in [-0.39, 0.29) is 20.5 Å². The Morgan fingerprint density at radius 1 is 0.773 bits per heavy atom. The van der Waals surface area contributed by atoms with Crippen LogP contribution in [0.25, 0.3) is 0 Å². The molecule has 0 aromatic heterocycles. The van der Waals surface area contributed by atoms with E-state index in [1.807, 2.05) is 0 Å². The van der Waals surface area contributed by atoms with Gasteiger partial charge in [0.1, 0.15) is 0 Å². The van der Waals surface area contributed by atoms with Crippen LogP contribution in [0.5, 0.6) is 0 Å². The van der Waals surface area contributed by atoms with E-state index in [4.69, 9.17) is 70.6 Å². The van der Waals surface area contributed by atoms with Gasteiger partial charge in [0, 0.05) is 90.1 Å². The van der Waals surface area contributed by atoms with Gasteiger partial charge in [-0.05, 0) is 37.7 Å². The van der Waals surface area contributed by atoms with Crippen LogP contribution in [0.2, 0.25) is 0 Å². The molecule has 2 aromatic carbocycles. The van der Waals surface area contributed by atoms with E-state index in [0.29, 0.717) is 0 Å². The molecular weight excluding hydrogens is 645 g/mol. The summed E-state index contributed by atoms with van der Waals surface area (Å²) in [4.78, 5) is 0. The minimum atomic E-state index is -6.19. The predicted octanol–water partition coefficient (Wildman–Crippen LogP) is 6.22. The molecule has 2 N–H and O–H groups in total. The van der Waals surface area contributed by atoms with Crippen LogP contribution in [-0.2, 0) is 18.2 Å². The number of aliphatic hydroxyl groups is 2. The van der Waals surface area contributed by atoms with Crippen molar-refractivity contribution >= 4 is 38.5 Å². The van der Waals surface area contributed by atoms with Crippen LogP contribution in [0.1, 0.15) is 88.2 Å². The maximum absolute atomic E-state index is 14.6. The number of hydrogen-bond donors (Lipinski definition) is 2. The first-order valence-corrected chi connectivity index (χ1v) is 16.0. The number of nitrogens with zero attached hydrogens (tertiary/aromatic N) is 4. The summed E-state index contributed by atoms with van der Waals surface area (Å²) < 4.78 is 261. The Balaban J connectivity index is 0.000000380. The second-order valence-electron chi connectivity index (χ2n) is 8.19. The SMILES string of the molecule is [2H]C([2H])(Cl)C([2H])([2H])N(C([2H])([2H])C([2H])([2H])Cl)P1(=O)OC([2H])([2H])C([2H])([2H])C([2H])([2H])N1C(C)c1ccccc1.[2H]C([2H])(O)C([2H])([2H])N(C([2H])([2H])C([2H])([2H])O)P1(=O)OC([2H])([2H])C([2H])([2H])C([2H])([2H])N1C(C)c1ccccc1. The molecule has 2 aliphatic heterocycles. The molecule has 0 spiro atoms. The topological polar surface area (TPSA) is 106 Å². The fourth-order valence-corrected chi connectivity index (χ4v) is 7.20. The Morgan fingerprint density at radius 2 is 1.14 bits per heavy atom. The lowest BCUT2D eigenvalue weighted by molar-refractivity contribution is 0.126. The fourth-order valence-electron chi connectivity index (χ4n) is 3.67. The normalized spacial score (nSPS) is 43.5. The van der Waals surface area contributed by atoms with Crippen LogP contribution in [0.15, 0.2) is 60.7 Å². The molecule has 4 unspecified atom stereocenters. The zero-order valence-corrected chi connectivity index (χ0v) is 26.2. The smallest absolute Gasteiger partial charge is 0.346 e. The molecule has 10 nitrogen and oxygen atoms in total. The molecule has 2 aromatic rings. The van der Waals surface area contributed by atoms with Crippen molar-refractivity contribution in [2.75, 3.05) is 76.9 Å². The summed E-state index contributed by atoms with van der Waals surface area (Å²) in [6.07, 6.45) is -7.31. The van der Waals surface area contributed by atoms with Crippen molar-refractivity contribution in [3.63, 3.8) is 0 Å². The third-order valence-corrected chi connectivity index (χ3v) is 9.95. The summed E-state index contributed by atoms with van der Waals surface area (Å²) in [7, 11) is -12.2. The van der Waals surface area contributed by atoms with Gasteiger partial charge in [-0.3, -0.25) is 9.13 Å². The molecule has 2 saturated heterocycles. The lowest BCUT2D eigenvalue weighted by atomic mass is 10.1. The summed E-state index contributed by atoms with van der Waals surface area (Å²) in [5.41, 5.74) is 0.177. The van der Waals surface area contributed by atoms with Crippen molar-refractivity contribution in [3.8, 4) is 0 Å². The van der Waals surface area contributed by atoms with Gasteiger partial charge in [-0.15, -0.1) is 23.2 Å². The first-order chi connectivity index (χ1) is 31.4. The highest BCUT2D eigenvalue weighted by atomic mass is 35.5. The largest absolute Gasteiger partial charge is 0.395 e. The molecule has 4 rings (SSSR count). The third kappa shape index (κ3) is 9.60. The minimum Gasteiger partial charge on any atom is -0.395 e. The van der Waals surface area contributed by atoms with Crippen LogP contribution < -0.4 is 0 Å². The van der Waals surface area contributed by atoms with Crippen LogP contribution in [0.3, 0.4) is 0 Å². The zero-order chi connectivity index (χ0) is 57.1. The third-order valence-electron chi connectivity index (χ3n) is 5.73. The minimum absolute atomic E-state index is 0.0393. The predicted molar refractivity (Wildman–Crippen MR) is 178 cm³/mol. The monoisotopic (exact) mass is 720 g/mol. The van der Waals surface area contributed by atoms with E-state index in [0.717, 1.165) is 13.8 Å². The van der Waals surface area contributed by atoms with Crippen molar-refractivity contribution in [1.82, 2.24) is 18.7 Å². The van der Waals surface area contributed by atoms with Crippen LogP contribution in [-0.4, -0.2) is 106 Å². The molecule has 0 radical (unpaired) electrons. The molecule has 4 atom stereocenters. The van der Waals surface area contributed by atoms with E-state index in [9.17, 15) is 19.3 Å². The number of benzene rings is 2. The molecule has 2 fully saturated rings. The number of alkyl halides is 2. The van der Waals surface area contributed by atoms with Gasteiger partial charge in [0.15, 0.2) is 0 Å². The molecule has 0 amide bonds. The Morgan fingerprint density at radius 3 is 1.48 bits per heavy atom. The van der Waals surface area contributed by atoms with Crippen molar-refractivity contribution in [3.05, 3.63) is 71.8 Å². The zero-order valence-electron chi connectivity index (χ0n) is 50.9. The van der Waals surface area contributed by atoms with Crippen molar-refractivity contribution < 1.29 is 66.8 Å². The average molecular weight is 722 g/mol. The van der Waals surface area contributed by atoms with E-state index in [2.05, 4.69) is 0 Å². The molecule has 0 bridgehead atoms. The fraction of sp³-hybridized carbons (Fsp3) is 0.600. The molecule has 2 heterocycles. The Hall–Kier alpha value is -0.840. The molecule has 2 aliphatic rings. The van der Waals surface area contributed by atoms with Crippen LogP contribution in [0, 0.1) is 0 Å². The van der Waals surface area contributed by atoms with Gasteiger partial charge in [-0.2, -0.15) is 0 Å². The molecule has 44 heavy (non-hydrogen) atoms. The van der Waals surface area contributed by atoms with Crippen molar-refractivity contribution in [2.45, 2.75) is 38.7 Å². The molecule has 14 heteroatoms. The van der Waals surface area contributed by atoms with Gasteiger partial charge in [-0.25, -0.2) is 18.7 Å². The Bertz CT molecular complexity index is 2140. The van der Waals surface area contributed by atoms with Crippen LogP contribution in [0.4, 0.5) is 0 Å². The van der Waals surface area contributed by atoms with E-state index in [1.165, 1.54) is 54.6 Å². The second kappa shape index (κ2) is 19.1. The van der Waals surface area contributed by atoms with Gasteiger partial charge < -0.3 is 19.3 Å². The molecule has 248 valence electrons. The summed E-state index contributed by atoms with van der Waals surface area (Å²) in [6, 6.07) is 11.1. The van der Waals surface area contributed by atoms with Gasteiger partial charge >= 0.3 is 15.3 Å². The van der Waals surface area contributed by atoms with E-state index >= 15 is 0 Å². The Kier molecular flexibility index (Phi) is 6.22. The van der Waals surface area contributed by atoms with Gasteiger partial charge in [0.2, 0.25) is 0 Å². The first-order valence-electron chi connectivity index (χ1n) is 26.2. The van der Waals surface area contributed by atoms with Crippen molar-refractivity contribution in [2.24, 2.45) is 0 Å². The standard InChI is InChI=1S/C15H23Cl2N2O2P.C15H25N2O4P/c1-14(15-6-3-2-4-7-15)19-10-5-13-21-22(19,20)18(11-8-16)12-9-17;1-14(15-6-3-2-4-7-15)17-8-5-13-21-22(17,20)16(9-11-18)10-12-19/h2-4,6-7,14H,5,8-13H2,1H3;2-4,6-7,14,18-19H,5,8-13H2,1H3/i2*5D2,8D2,9D2,10D2,11D2,12D2,13D2. The highest BCUT2D eigenvalue weighted by molar-refractivity contribution is 7.54. The number of hydrogen-bond acceptors (Lipinski definition) is 6. The highest BCUT2D eigenvalue weighted by Gasteiger charge is 2.44. The highest BCUT2D eigenvalue weighted by Crippen LogP contribution is 2.60. The number of rotatable bonds is 14. The maximum Gasteiger partial charge on any atom is 0.346 e. The molecular formula is C30H48Cl2N4O6P2. The van der Waals surface area contributed by atoms with Gasteiger partial charge in [0.25, 0.3) is 0 Å². The van der Waals surface area contributed by atoms with E-state index < -0.39 is 126 Å². The molecule has 0 saturated carbocycles. The van der Waals surface area contributed by atoms with Gasteiger partial charge in [0.05, 0.1) is 37.2 Å². The first kappa shape index (κ1) is 14.3.